The topological polar surface area (TPSA) is 103 Å². The Kier molecular flexibility index (Phi) is 10.1. The maximum absolute atomic E-state index is 15.3. The minimum absolute atomic E-state index is 0.0370. The fourth-order valence-electron chi connectivity index (χ4n) is 6.99. The molecule has 0 radical (unpaired) electrons. The quantitative estimate of drug-likeness (QED) is 0.154. The van der Waals surface area contributed by atoms with Crippen LogP contribution in [0, 0.1) is 23.6 Å². The van der Waals surface area contributed by atoms with E-state index >= 15 is 4.39 Å². The van der Waals surface area contributed by atoms with E-state index in [1.807, 2.05) is 62.4 Å². The fourth-order valence-corrected chi connectivity index (χ4v) is 6.99. The molecule has 0 spiro atoms. The van der Waals surface area contributed by atoms with Gasteiger partial charge in [0.2, 0.25) is 0 Å². The summed E-state index contributed by atoms with van der Waals surface area (Å²) in [6, 6.07) is 21.7. The van der Waals surface area contributed by atoms with Gasteiger partial charge in [-0.2, -0.15) is 0 Å². The first-order chi connectivity index (χ1) is 24.0. The molecule has 2 fully saturated rings. The van der Waals surface area contributed by atoms with Crippen molar-refractivity contribution in [2.45, 2.75) is 78.4 Å². The molecule has 0 heterocycles. The van der Waals surface area contributed by atoms with Crippen LogP contribution in [-0.2, 0) is 16.1 Å². The zero-order valence-corrected chi connectivity index (χ0v) is 29.2. The lowest BCUT2D eigenvalue weighted by Crippen LogP contribution is -2.40. The van der Waals surface area contributed by atoms with Gasteiger partial charge < -0.3 is 24.8 Å². The number of carbonyl (C=O) groups excluding carboxylic acids is 3. The average Bonchev–Trinajstić information content (AvgIpc) is 3.11. The van der Waals surface area contributed by atoms with Crippen molar-refractivity contribution in [2.24, 2.45) is 10.8 Å². The van der Waals surface area contributed by atoms with Crippen molar-refractivity contribution < 1.29 is 33.0 Å². The van der Waals surface area contributed by atoms with E-state index in [0.29, 0.717) is 49.0 Å². The van der Waals surface area contributed by atoms with E-state index in [4.69, 9.17) is 14.2 Å². The first-order valence-corrected chi connectivity index (χ1v) is 17.4. The Labute approximate surface area is 292 Å². The van der Waals surface area contributed by atoms with E-state index in [1.54, 1.807) is 12.1 Å². The number of benzene rings is 4. The van der Waals surface area contributed by atoms with E-state index in [0.717, 1.165) is 41.7 Å². The molecule has 8 nitrogen and oxygen atoms in total. The molecule has 0 bridgehead atoms. The molecule has 0 aliphatic heterocycles. The highest BCUT2D eigenvalue weighted by molar-refractivity contribution is 6.11. The first kappa shape index (κ1) is 34.9. The molecule has 4 aromatic carbocycles. The van der Waals surface area contributed by atoms with Crippen LogP contribution in [0.25, 0.3) is 10.8 Å². The van der Waals surface area contributed by atoms with Crippen LogP contribution in [0.4, 0.5) is 10.1 Å². The molecule has 2 amide bonds. The molecule has 2 saturated carbocycles. The number of aryl methyl sites for hydroxylation is 1. The van der Waals surface area contributed by atoms with Gasteiger partial charge in [0.15, 0.2) is 11.6 Å². The number of hydrogen-bond donors (Lipinski definition) is 2. The highest BCUT2D eigenvalue weighted by atomic mass is 19.1. The lowest BCUT2D eigenvalue weighted by atomic mass is 9.70. The van der Waals surface area contributed by atoms with Crippen molar-refractivity contribution in [1.82, 2.24) is 5.32 Å². The Bertz CT molecular complexity index is 1910. The van der Waals surface area contributed by atoms with Gasteiger partial charge in [-0.3, -0.25) is 14.4 Å². The third kappa shape index (κ3) is 7.47. The molecular formula is C41H45FN2O6. The van der Waals surface area contributed by atoms with E-state index in [9.17, 15) is 14.4 Å². The van der Waals surface area contributed by atoms with Crippen LogP contribution in [0.1, 0.15) is 90.6 Å². The van der Waals surface area contributed by atoms with Crippen molar-refractivity contribution in [2.75, 3.05) is 19.0 Å². The number of fused-ring (bicyclic) bond motifs is 1. The summed E-state index contributed by atoms with van der Waals surface area (Å²) in [5, 5.41) is 8.04. The van der Waals surface area contributed by atoms with Crippen LogP contribution in [0.3, 0.4) is 0 Å². The zero-order valence-electron chi connectivity index (χ0n) is 29.2. The molecule has 0 unspecified atom stereocenters. The average molecular weight is 681 g/mol. The summed E-state index contributed by atoms with van der Waals surface area (Å²) < 4.78 is 32.6. The second-order valence-electron chi connectivity index (χ2n) is 14.4. The number of carbonyl (C=O) groups is 3. The molecule has 9 heteroatoms. The number of methoxy groups -OCH3 is 1. The third-order valence-corrected chi connectivity index (χ3v) is 10.6. The number of esters is 1. The van der Waals surface area contributed by atoms with E-state index in [1.165, 1.54) is 13.2 Å². The predicted octanol–water partition coefficient (Wildman–Crippen LogP) is 8.54. The van der Waals surface area contributed by atoms with Crippen LogP contribution in [-0.4, -0.2) is 37.5 Å². The number of ether oxygens (including phenoxy) is 3. The Morgan fingerprint density at radius 1 is 0.860 bits per heavy atom. The van der Waals surface area contributed by atoms with Crippen LogP contribution >= 0.6 is 0 Å². The van der Waals surface area contributed by atoms with Gasteiger partial charge in [-0.05, 0) is 91.8 Å². The molecule has 50 heavy (non-hydrogen) atoms. The van der Waals surface area contributed by atoms with Crippen molar-refractivity contribution >= 4 is 34.2 Å². The summed E-state index contributed by atoms with van der Waals surface area (Å²) in [6.45, 7) is 6.62. The highest BCUT2D eigenvalue weighted by Gasteiger charge is 2.40. The SMILES string of the molecule is COc1cc(F)c(O[C@H]2CC[C@@](C)(C(=O)OCc3cccc4ccccc34)CC2)cc1C(=O)Nc1c(C)cccc1C(=O)NCC1(C)CCC1. The Balaban J connectivity index is 1.10. The fraction of sp³-hybridized carbons (Fsp3) is 0.390. The molecule has 262 valence electrons. The molecule has 0 saturated heterocycles. The van der Waals surface area contributed by atoms with Gasteiger partial charge in [0.1, 0.15) is 12.4 Å². The summed E-state index contributed by atoms with van der Waals surface area (Å²) in [7, 11) is 1.36. The number of nitrogens with one attached hydrogen (secondary N) is 2. The maximum Gasteiger partial charge on any atom is 0.312 e. The van der Waals surface area contributed by atoms with Crippen molar-refractivity contribution in [1.29, 1.82) is 0 Å². The number of halogens is 1. The molecule has 0 atom stereocenters. The van der Waals surface area contributed by atoms with E-state index in [-0.39, 0.29) is 47.1 Å². The largest absolute Gasteiger partial charge is 0.496 e. The number of para-hydroxylation sites is 1. The lowest BCUT2D eigenvalue weighted by Gasteiger charge is -2.38. The zero-order chi connectivity index (χ0) is 35.5. The smallest absolute Gasteiger partial charge is 0.312 e. The molecule has 2 aliphatic carbocycles. The van der Waals surface area contributed by atoms with Gasteiger partial charge in [-0.1, -0.05) is 67.9 Å². The monoisotopic (exact) mass is 680 g/mol. The summed E-state index contributed by atoms with van der Waals surface area (Å²) in [4.78, 5) is 40.2. The van der Waals surface area contributed by atoms with Gasteiger partial charge in [0.25, 0.3) is 11.8 Å². The van der Waals surface area contributed by atoms with Gasteiger partial charge >= 0.3 is 5.97 Å². The van der Waals surface area contributed by atoms with E-state index in [2.05, 4.69) is 17.6 Å². The summed E-state index contributed by atoms with van der Waals surface area (Å²) in [6.07, 6.45) is 4.96. The molecule has 0 aromatic heterocycles. The summed E-state index contributed by atoms with van der Waals surface area (Å²) in [5.74, 6) is -1.81. The van der Waals surface area contributed by atoms with Gasteiger partial charge in [0.05, 0.1) is 35.4 Å². The number of hydrogen-bond acceptors (Lipinski definition) is 6. The van der Waals surface area contributed by atoms with Crippen molar-refractivity contribution in [3.63, 3.8) is 0 Å². The van der Waals surface area contributed by atoms with Gasteiger partial charge in [0, 0.05) is 12.6 Å². The normalized spacial score (nSPS) is 19.6. The Hall–Kier alpha value is -4.92. The second kappa shape index (κ2) is 14.5. The third-order valence-electron chi connectivity index (χ3n) is 10.6. The summed E-state index contributed by atoms with van der Waals surface area (Å²) in [5.41, 5.74) is 1.85. The molecule has 6 rings (SSSR count). The Morgan fingerprint density at radius 2 is 1.58 bits per heavy atom. The van der Waals surface area contributed by atoms with Crippen molar-refractivity contribution in [3.8, 4) is 11.5 Å². The first-order valence-electron chi connectivity index (χ1n) is 17.4. The number of rotatable bonds is 11. The van der Waals surface area contributed by atoms with Crippen LogP contribution in [0.15, 0.2) is 72.8 Å². The van der Waals surface area contributed by atoms with Gasteiger partial charge in [-0.25, -0.2) is 4.39 Å². The number of anilines is 1. The minimum Gasteiger partial charge on any atom is -0.496 e. The van der Waals surface area contributed by atoms with Crippen molar-refractivity contribution in [3.05, 3.63) is 101 Å². The van der Waals surface area contributed by atoms with E-state index < -0.39 is 17.1 Å². The number of amides is 2. The van der Waals surface area contributed by atoms with Gasteiger partial charge in [-0.15, -0.1) is 0 Å². The standard InChI is InChI=1S/C41H45FN2O6/c1-26-10-7-15-31(37(45)43-25-40(2)18-9-19-40)36(26)44-38(46)32-22-35(33(42)23-34(32)48-4)50-29-16-20-41(3,21-17-29)39(47)49-24-28-13-8-12-27-11-5-6-14-30(27)28/h5-8,10-15,22-23,29H,9,16-21,24-25H2,1-4H3,(H,43,45)(H,44,46)/t29-,41+. The lowest BCUT2D eigenvalue weighted by molar-refractivity contribution is -0.159. The molecule has 2 aliphatic rings. The molecular weight excluding hydrogens is 635 g/mol. The highest BCUT2D eigenvalue weighted by Crippen LogP contribution is 2.41. The second-order valence-corrected chi connectivity index (χ2v) is 14.4. The Morgan fingerprint density at radius 3 is 2.30 bits per heavy atom. The molecule has 4 aromatic rings. The maximum atomic E-state index is 15.3. The van der Waals surface area contributed by atoms with Crippen LogP contribution < -0.4 is 20.1 Å². The summed E-state index contributed by atoms with van der Waals surface area (Å²) >= 11 is 0. The predicted molar refractivity (Wildman–Crippen MR) is 191 cm³/mol. The minimum atomic E-state index is -0.693. The van der Waals surface area contributed by atoms with Crippen LogP contribution in [0.2, 0.25) is 0 Å². The van der Waals surface area contributed by atoms with Crippen LogP contribution in [0.5, 0.6) is 11.5 Å². The molecule has 2 N–H and O–H groups in total.